The van der Waals surface area contributed by atoms with E-state index >= 15 is 0 Å². The molecule has 0 heterocycles. The van der Waals surface area contributed by atoms with Crippen molar-refractivity contribution in [2.24, 2.45) is 0 Å². The maximum Gasteiger partial charge on any atom is 0.0685 e. The quantitative estimate of drug-likeness (QED) is 0.633. The number of nitrogens with two attached hydrogens (primary N) is 1. The number of anilines is 1. The molecule has 0 radical (unpaired) electrons. The lowest BCUT2D eigenvalue weighted by Gasteiger charge is -2.03. The third-order valence-corrected chi connectivity index (χ3v) is 1.66. The highest BCUT2D eigenvalue weighted by atomic mass is 35.5. The van der Waals surface area contributed by atoms with Gasteiger partial charge in [-0.05, 0) is 24.1 Å². The molecule has 2 nitrogen and oxygen atoms in total. The summed E-state index contributed by atoms with van der Waals surface area (Å²) in [6, 6.07) is 5.54. The highest BCUT2D eigenvalue weighted by Crippen LogP contribution is 2.14. The zero-order valence-corrected chi connectivity index (χ0v) is 7.19. The third kappa shape index (κ3) is 2.10. The van der Waals surface area contributed by atoms with Crippen molar-refractivity contribution in [2.45, 2.75) is 13.5 Å². The average Bonchev–Trinajstić information content (AvgIpc) is 1.95. The molecule has 3 N–H and O–H groups in total. The number of benzene rings is 1. The molecule has 62 valence electrons. The van der Waals surface area contributed by atoms with Gasteiger partial charge < -0.3 is 10.8 Å². The molecule has 0 aromatic heterocycles. The van der Waals surface area contributed by atoms with Crippen LogP contribution in [0.5, 0.6) is 0 Å². The smallest absolute Gasteiger partial charge is 0.0685 e. The number of hydrogen-bond acceptors (Lipinski definition) is 2. The van der Waals surface area contributed by atoms with Gasteiger partial charge in [-0.3, -0.25) is 0 Å². The van der Waals surface area contributed by atoms with Gasteiger partial charge in [-0.15, -0.1) is 12.4 Å². The maximum atomic E-state index is 8.79. The van der Waals surface area contributed by atoms with E-state index in [0.29, 0.717) is 0 Å². The van der Waals surface area contributed by atoms with Crippen molar-refractivity contribution < 1.29 is 5.11 Å². The largest absolute Gasteiger partial charge is 0.399 e. The Hall–Kier alpha value is -0.730. The van der Waals surface area contributed by atoms with Crippen LogP contribution in [0.1, 0.15) is 11.1 Å². The Morgan fingerprint density at radius 1 is 1.45 bits per heavy atom. The second-order valence-electron chi connectivity index (χ2n) is 2.29. The molecule has 0 aliphatic heterocycles. The van der Waals surface area contributed by atoms with Gasteiger partial charge in [-0.2, -0.15) is 0 Å². The topological polar surface area (TPSA) is 46.2 Å². The normalized spacial score (nSPS) is 8.91. The Balaban J connectivity index is 0.000001000. The van der Waals surface area contributed by atoms with E-state index in [1.165, 1.54) is 0 Å². The highest BCUT2D eigenvalue weighted by molar-refractivity contribution is 5.85. The number of rotatable bonds is 1. The monoisotopic (exact) mass is 173 g/mol. The van der Waals surface area contributed by atoms with Crippen molar-refractivity contribution in [3.63, 3.8) is 0 Å². The summed E-state index contributed by atoms with van der Waals surface area (Å²) >= 11 is 0. The molecule has 0 amide bonds. The molecule has 0 saturated heterocycles. The highest BCUT2D eigenvalue weighted by Gasteiger charge is 1.97. The lowest BCUT2D eigenvalue weighted by molar-refractivity contribution is 0.281. The van der Waals surface area contributed by atoms with Crippen LogP contribution in [0.4, 0.5) is 5.69 Å². The molecule has 0 spiro atoms. The van der Waals surface area contributed by atoms with E-state index in [-0.39, 0.29) is 19.0 Å². The molecule has 0 aliphatic carbocycles. The number of hydrogen-bond donors (Lipinski definition) is 2. The molecule has 3 heteroatoms. The van der Waals surface area contributed by atoms with E-state index < -0.39 is 0 Å². The first-order valence-electron chi connectivity index (χ1n) is 3.20. The molecule has 1 aromatic carbocycles. The zero-order chi connectivity index (χ0) is 7.56. The van der Waals surface area contributed by atoms with E-state index in [1.807, 2.05) is 25.1 Å². The molecule has 1 rings (SSSR count). The van der Waals surface area contributed by atoms with E-state index in [4.69, 9.17) is 10.8 Å². The number of halogens is 1. The molecule has 0 unspecified atom stereocenters. The minimum atomic E-state index is 0. The van der Waals surface area contributed by atoms with E-state index in [1.54, 1.807) is 0 Å². The first-order chi connectivity index (χ1) is 4.75. The van der Waals surface area contributed by atoms with Crippen LogP contribution in [0, 0.1) is 6.92 Å². The van der Waals surface area contributed by atoms with Gasteiger partial charge in [0, 0.05) is 5.69 Å². The van der Waals surface area contributed by atoms with Crippen LogP contribution in [-0.2, 0) is 6.61 Å². The summed E-state index contributed by atoms with van der Waals surface area (Å²) in [5, 5.41) is 8.79. The summed E-state index contributed by atoms with van der Waals surface area (Å²) in [5.74, 6) is 0. The van der Waals surface area contributed by atoms with Crippen molar-refractivity contribution in [2.75, 3.05) is 5.73 Å². The van der Waals surface area contributed by atoms with Crippen molar-refractivity contribution >= 4 is 18.1 Å². The molecule has 0 fully saturated rings. The second-order valence-corrected chi connectivity index (χ2v) is 2.29. The summed E-state index contributed by atoms with van der Waals surface area (Å²) in [7, 11) is 0. The van der Waals surface area contributed by atoms with E-state index in [2.05, 4.69) is 0 Å². The fourth-order valence-electron chi connectivity index (χ4n) is 0.875. The van der Waals surface area contributed by atoms with Crippen molar-refractivity contribution in [1.82, 2.24) is 0 Å². The Bertz CT molecular complexity index is 238. The fraction of sp³-hybridized carbons (Fsp3) is 0.250. The summed E-state index contributed by atoms with van der Waals surface area (Å²) in [6.45, 7) is 1.97. The lowest BCUT2D eigenvalue weighted by Crippen LogP contribution is -1.94. The van der Waals surface area contributed by atoms with Crippen LogP contribution in [-0.4, -0.2) is 5.11 Å². The van der Waals surface area contributed by atoms with Gasteiger partial charge in [0.1, 0.15) is 0 Å². The number of nitrogen functional groups attached to an aromatic ring is 1. The molecule has 11 heavy (non-hydrogen) atoms. The van der Waals surface area contributed by atoms with E-state index in [0.717, 1.165) is 16.8 Å². The SMILES string of the molecule is Cc1c(N)cccc1CO.Cl. The first-order valence-corrected chi connectivity index (χ1v) is 3.20. The molecule has 0 saturated carbocycles. The van der Waals surface area contributed by atoms with Gasteiger partial charge in [-0.1, -0.05) is 12.1 Å². The van der Waals surface area contributed by atoms with Gasteiger partial charge in [0.25, 0.3) is 0 Å². The molecular formula is C8H12ClNO. The first kappa shape index (κ1) is 10.3. The number of aliphatic hydroxyl groups is 1. The third-order valence-electron chi connectivity index (χ3n) is 1.66. The van der Waals surface area contributed by atoms with Crippen LogP contribution >= 0.6 is 12.4 Å². The Morgan fingerprint density at radius 3 is 2.55 bits per heavy atom. The molecule has 0 aliphatic rings. The van der Waals surface area contributed by atoms with Crippen LogP contribution in [0.3, 0.4) is 0 Å². The van der Waals surface area contributed by atoms with Crippen LogP contribution < -0.4 is 5.73 Å². The minimum Gasteiger partial charge on any atom is -0.399 e. The van der Waals surface area contributed by atoms with Crippen molar-refractivity contribution in [3.8, 4) is 0 Å². The molecular weight excluding hydrogens is 162 g/mol. The van der Waals surface area contributed by atoms with Crippen molar-refractivity contribution in [1.29, 1.82) is 0 Å². The average molecular weight is 174 g/mol. The van der Waals surface area contributed by atoms with Gasteiger partial charge in [-0.25, -0.2) is 0 Å². The molecule has 1 aromatic rings. The summed E-state index contributed by atoms with van der Waals surface area (Å²) in [4.78, 5) is 0. The molecule has 0 bridgehead atoms. The van der Waals surface area contributed by atoms with E-state index in [9.17, 15) is 0 Å². The summed E-state index contributed by atoms with van der Waals surface area (Å²) < 4.78 is 0. The Kier molecular flexibility index (Phi) is 3.93. The fourth-order valence-corrected chi connectivity index (χ4v) is 0.875. The van der Waals surface area contributed by atoms with Gasteiger partial charge in [0.2, 0.25) is 0 Å². The van der Waals surface area contributed by atoms with Gasteiger partial charge in [0.05, 0.1) is 6.61 Å². The van der Waals surface area contributed by atoms with Gasteiger partial charge >= 0.3 is 0 Å². The molecule has 0 atom stereocenters. The summed E-state index contributed by atoms with van der Waals surface area (Å²) in [5.41, 5.74) is 8.21. The Morgan fingerprint density at radius 2 is 2.09 bits per heavy atom. The van der Waals surface area contributed by atoms with Crippen LogP contribution in [0.2, 0.25) is 0 Å². The summed E-state index contributed by atoms with van der Waals surface area (Å²) in [6.07, 6.45) is 0. The minimum absolute atomic E-state index is 0. The van der Waals surface area contributed by atoms with Crippen LogP contribution in [0.15, 0.2) is 18.2 Å². The van der Waals surface area contributed by atoms with Gasteiger partial charge in [0.15, 0.2) is 0 Å². The lowest BCUT2D eigenvalue weighted by atomic mass is 10.1. The zero-order valence-electron chi connectivity index (χ0n) is 6.37. The standard InChI is InChI=1S/C8H11NO.ClH/c1-6-7(5-10)3-2-4-8(6)9;/h2-4,10H,5,9H2,1H3;1H. The number of aliphatic hydroxyl groups excluding tert-OH is 1. The maximum absolute atomic E-state index is 8.79. The predicted molar refractivity (Wildman–Crippen MR) is 48.8 cm³/mol. The predicted octanol–water partition coefficient (Wildman–Crippen LogP) is 1.49. The van der Waals surface area contributed by atoms with Crippen molar-refractivity contribution in [3.05, 3.63) is 29.3 Å². The van der Waals surface area contributed by atoms with Crippen LogP contribution in [0.25, 0.3) is 0 Å². The Labute approximate surface area is 72.4 Å². The second kappa shape index (κ2) is 4.21.